The van der Waals surface area contributed by atoms with Gasteiger partial charge in [-0.15, -0.1) is 23.1 Å². The van der Waals surface area contributed by atoms with Crippen LogP contribution < -0.4 is 10.6 Å². The predicted octanol–water partition coefficient (Wildman–Crippen LogP) is 4.48. The zero-order valence-corrected chi connectivity index (χ0v) is 16.2. The van der Waals surface area contributed by atoms with Gasteiger partial charge in [-0.1, -0.05) is 0 Å². The summed E-state index contributed by atoms with van der Waals surface area (Å²) >= 11 is 2.56. The van der Waals surface area contributed by atoms with E-state index in [0.717, 1.165) is 55.3 Å². The summed E-state index contributed by atoms with van der Waals surface area (Å²) in [5.41, 5.74) is 0.330. The first-order valence-corrected chi connectivity index (χ1v) is 10.5. The molecule has 1 unspecified atom stereocenters. The number of anilines is 2. The number of hydrogen-bond acceptors (Lipinski definition) is 5. The molecule has 28 heavy (non-hydrogen) atoms. The van der Waals surface area contributed by atoms with Crippen LogP contribution in [0.25, 0.3) is 0 Å². The summed E-state index contributed by atoms with van der Waals surface area (Å²) in [7, 11) is 0. The Hall–Kier alpha value is -2.07. The molecule has 2 heterocycles. The van der Waals surface area contributed by atoms with Crippen molar-refractivity contribution in [3.8, 4) is 0 Å². The van der Waals surface area contributed by atoms with Crippen molar-refractivity contribution in [2.45, 2.75) is 48.4 Å². The second kappa shape index (κ2) is 7.40. The number of benzene rings is 1. The van der Waals surface area contributed by atoms with Crippen molar-refractivity contribution in [2.24, 2.45) is 0 Å². The van der Waals surface area contributed by atoms with Gasteiger partial charge in [-0.25, -0.2) is 4.98 Å². The average Bonchev–Trinajstić information content (AvgIpc) is 3.03. The molecular weight excluding hydrogens is 411 g/mol. The van der Waals surface area contributed by atoms with Crippen LogP contribution in [0.15, 0.2) is 23.1 Å². The minimum Gasteiger partial charge on any atom is -0.324 e. The van der Waals surface area contributed by atoms with Crippen molar-refractivity contribution in [3.05, 3.63) is 34.3 Å². The molecule has 0 saturated carbocycles. The van der Waals surface area contributed by atoms with Crippen molar-refractivity contribution >= 4 is 45.7 Å². The maximum atomic E-state index is 12.8. The van der Waals surface area contributed by atoms with Gasteiger partial charge in [-0.3, -0.25) is 9.59 Å². The number of thiazole rings is 1. The van der Waals surface area contributed by atoms with E-state index in [9.17, 15) is 22.8 Å². The number of carbonyl (C=O) groups excluding carboxylic acids is 2. The van der Waals surface area contributed by atoms with Crippen molar-refractivity contribution in [1.29, 1.82) is 0 Å². The zero-order valence-electron chi connectivity index (χ0n) is 14.6. The van der Waals surface area contributed by atoms with Crippen LogP contribution in [0, 0.1) is 0 Å². The number of thioether (sulfide) groups is 1. The van der Waals surface area contributed by atoms with E-state index < -0.39 is 22.9 Å². The predicted molar refractivity (Wildman–Crippen MR) is 102 cm³/mol. The van der Waals surface area contributed by atoms with E-state index in [4.69, 9.17) is 0 Å². The summed E-state index contributed by atoms with van der Waals surface area (Å²) in [6.07, 6.45) is -0.454. The van der Waals surface area contributed by atoms with Crippen LogP contribution in [0.1, 0.15) is 35.4 Å². The highest BCUT2D eigenvalue weighted by molar-refractivity contribution is 8.01. The quantitative estimate of drug-likeness (QED) is 0.758. The highest BCUT2D eigenvalue weighted by atomic mass is 32.2. The van der Waals surface area contributed by atoms with Gasteiger partial charge >= 0.3 is 6.18 Å². The maximum Gasteiger partial charge on any atom is 0.416 e. The van der Waals surface area contributed by atoms with E-state index in [2.05, 4.69) is 15.6 Å². The number of amides is 2. The lowest BCUT2D eigenvalue weighted by Crippen LogP contribution is -2.32. The first kappa shape index (κ1) is 19.3. The minimum absolute atomic E-state index is 0.0821. The molecule has 0 bridgehead atoms. The number of halogens is 3. The second-order valence-electron chi connectivity index (χ2n) is 6.65. The Balaban J connectivity index is 1.42. The Morgan fingerprint density at radius 2 is 2.07 bits per heavy atom. The van der Waals surface area contributed by atoms with E-state index >= 15 is 0 Å². The third-order valence-corrected chi connectivity index (χ3v) is 6.94. The number of carbonyl (C=O) groups is 2. The molecule has 1 atom stereocenters. The SMILES string of the molecule is O=C(CC1Sc2ccc(C(F)(F)F)cc2NC1=O)Nc1nc2c(s1)CCCC2. The maximum absolute atomic E-state index is 12.8. The first-order chi connectivity index (χ1) is 13.3. The van der Waals surface area contributed by atoms with Gasteiger partial charge < -0.3 is 10.6 Å². The van der Waals surface area contributed by atoms with Gasteiger partial charge in [0.2, 0.25) is 11.8 Å². The highest BCUT2D eigenvalue weighted by Crippen LogP contribution is 2.40. The van der Waals surface area contributed by atoms with E-state index in [1.54, 1.807) is 0 Å². The van der Waals surface area contributed by atoms with E-state index in [1.807, 2.05) is 0 Å². The van der Waals surface area contributed by atoms with Crippen LogP contribution in [-0.4, -0.2) is 22.0 Å². The van der Waals surface area contributed by atoms with Gasteiger partial charge in [0.05, 0.1) is 22.2 Å². The van der Waals surface area contributed by atoms with Crippen LogP contribution in [0.3, 0.4) is 0 Å². The fourth-order valence-electron chi connectivity index (χ4n) is 3.21. The Kier molecular flexibility index (Phi) is 5.09. The number of nitrogens with zero attached hydrogens (tertiary/aromatic N) is 1. The summed E-state index contributed by atoms with van der Waals surface area (Å²) in [5, 5.41) is 5.05. The van der Waals surface area contributed by atoms with Crippen LogP contribution >= 0.6 is 23.1 Å². The largest absolute Gasteiger partial charge is 0.416 e. The van der Waals surface area contributed by atoms with E-state index in [1.165, 1.54) is 22.3 Å². The molecule has 1 aliphatic carbocycles. The number of nitrogens with one attached hydrogen (secondary N) is 2. The molecule has 2 amide bonds. The summed E-state index contributed by atoms with van der Waals surface area (Å²) < 4.78 is 38.5. The average molecular weight is 427 g/mol. The van der Waals surface area contributed by atoms with Crippen molar-refractivity contribution < 1.29 is 22.8 Å². The Labute approximate surface area is 167 Å². The molecule has 2 aromatic rings. The van der Waals surface area contributed by atoms with Gasteiger partial charge in [0.15, 0.2) is 5.13 Å². The molecule has 1 aromatic carbocycles. The van der Waals surface area contributed by atoms with Crippen LogP contribution in [0.4, 0.5) is 24.0 Å². The number of aryl methyl sites for hydroxylation is 2. The molecule has 0 radical (unpaired) electrons. The molecule has 4 rings (SSSR count). The topological polar surface area (TPSA) is 71.1 Å². The third-order valence-electron chi connectivity index (χ3n) is 4.59. The van der Waals surface area contributed by atoms with E-state index in [-0.39, 0.29) is 18.0 Å². The Bertz CT molecular complexity index is 919. The summed E-state index contributed by atoms with van der Waals surface area (Å²) in [4.78, 5) is 30.8. The summed E-state index contributed by atoms with van der Waals surface area (Å²) in [5.74, 6) is -0.820. The molecule has 0 spiro atoms. The lowest BCUT2D eigenvalue weighted by molar-refractivity contribution is -0.137. The van der Waals surface area contributed by atoms with Gasteiger partial charge in [0, 0.05) is 16.2 Å². The molecule has 1 aromatic heterocycles. The smallest absolute Gasteiger partial charge is 0.324 e. The third kappa shape index (κ3) is 4.02. The standard InChI is InChI=1S/C18H16F3N3O2S2/c19-18(20,21)9-5-6-13-11(7-9)22-16(26)14(27-13)8-15(25)24-17-23-10-3-1-2-4-12(10)28-17/h5-7,14H,1-4,8H2,(H,22,26)(H,23,24,25). The summed E-state index contributed by atoms with van der Waals surface area (Å²) in [6, 6.07) is 3.21. The van der Waals surface area contributed by atoms with Crippen LogP contribution in [-0.2, 0) is 28.6 Å². The van der Waals surface area contributed by atoms with Crippen LogP contribution in [0.5, 0.6) is 0 Å². The van der Waals surface area contributed by atoms with Gasteiger partial charge in [0.25, 0.3) is 0 Å². The first-order valence-electron chi connectivity index (χ1n) is 8.77. The second-order valence-corrected chi connectivity index (χ2v) is 8.98. The monoisotopic (exact) mass is 427 g/mol. The van der Waals surface area contributed by atoms with Crippen molar-refractivity contribution in [2.75, 3.05) is 10.6 Å². The van der Waals surface area contributed by atoms with E-state index in [0.29, 0.717) is 10.0 Å². The number of alkyl halides is 3. The molecule has 10 heteroatoms. The van der Waals surface area contributed by atoms with Crippen molar-refractivity contribution in [1.82, 2.24) is 4.98 Å². The Morgan fingerprint density at radius 3 is 2.82 bits per heavy atom. The van der Waals surface area contributed by atoms with Crippen molar-refractivity contribution in [3.63, 3.8) is 0 Å². The lowest BCUT2D eigenvalue weighted by atomic mass is 10.0. The molecule has 148 valence electrons. The molecule has 0 fully saturated rings. The zero-order chi connectivity index (χ0) is 19.9. The van der Waals surface area contributed by atoms with Gasteiger partial charge in [-0.05, 0) is 43.9 Å². The number of hydrogen-bond donors (Lipinski definition) is 2. The molecule has 5 nitrogen and oxygen atoms in total. The highest BCUT2D eigenvalue weighted by Gasteiger charge is 2.34. The number of rotatable bonds is 3. The molecular formula is C18H16F3N3O2S2. The molecule has 2 N–H and O–H groups in total. The fourth-order valence-corrected chi connectivity index (χ4v) is 5.36. The summed E-state index contributed by atoms with van der Waals surface area (Å²) in [6.45, 7) is 0. The number of fused-ring (bicyclic) bond motifs is 2. The molecule has 0 saturated heterocycles. The van der Waals surface area contributed by atoms with Gasteiger partial charge in [-0.2, -0.15) is 13.2 Å². The fraction of sp³-hybridized carbons (Fsp3) is 0.389. The molecule has 1 aliphatic heterocycles. The van der Waals surface area contributed by atoms with Gasteiger partial charge in [0.1, 0.15) is 0 Å². The molecule has 2 aliphatic rings. The lowest BCUT2D eigenvalue weighted by Gasteiger charge is -2.24. The Morgan fingerprint density at radius 1 is 1.29 bits per heavy atom. The van der Waals surface area contributed by atoms with Crippen LogP contribution in [0.2, 0.25) is 0 Å². The normalized spacial score (nSPS) is 18.8. The number of aromatic nitrogens is 1. The minimum atomic E-state index is -4.48.